The van der Waals surface area contributed by atoms with Gasteiger partial charge in [0.15, 0.2) is 4.80 Å². The van der Waals surface area contributed by atoms with E-state index in [9.17, 15) is 19.1 Å². The lowest BCUT2D eigenvalue weighted by Crippen LogP contribution is -2.27. The predicted octanol–water partition coefficient (Wildman–Crippen LogP) is 5.67. The molecule has 0 aliphatic carbocycles. The molecule has 4 aromatic rings. The van der Waals surface area contributed by atoms with E-state index < -0.39 is 17.9 Å². The van der Waals surface area contributed by atoms with Crippen LogP contribution in [0, 0.1) is 12.7 Å². The van der Waals surface area contributed by atoms with Crippen LogP contribution in [-0.2, 0) is 4.79 Å². The van der Waals surface area contributed by atoms with Crippen LogP contribution in [0.5, 0.6) is 0 Å². The molecule has 1 atom stereocenters. The number of hydrogen-bond acceptors (Lipinski definition) is 4. The minimum atomic E-state index is -0.991. The maximum absolute atomic E-state index is 13.2. The van der Waals surface area contributed by atoms with Crippen molar-refractivity contribution >= 4 is 44.8 Å². The summed E-state index contributed by atoms with van der Waals surface area (Å²) < 4.78 is 15.6. The van der Waals surface area contributed by atoms with Gasteiger partial charge in [-0.3, -0.25) is 4.79 Å². The molecule has 1 aromatic heterocycles. The van der Waals surface area contributed by atoms with E-state index in [2.05, 4.69) is 10.3 Å². The second-order valence-electron chi connectivity index (χ2n) is 7.61. The predicted molar refractivity (Wildman–Crippen MR) is 128 cm³/mol. The van der Waals surface area contributed by atoms with E-state index in [1.165, 1.54) is 23.5 Å². The molecule has 33 heavy (non-hydrogen) atoms. The number of aliphatic carboxylic acids is 1. The number of anilines is 2. The Morgan fingerprint density at radius 1 is 1.06 bits per heavy atom. The molecule has 168 valence electrons. The number of nitrogens with zero attached hydrogens (tertiary/aromatic N) is 2. The number of aromatic nitrogens is 1. The highest BCUT2D eigenvalue weighted by Crippen LogP contribution is 2.27. The third-order valence-electron chi connectivity index (χ3n) is 5.24. The molecule has 1 heterocycles. The van der Waals surface area contributed by atoms with Crippen molar-refractivity contribution in [1.82, 2.24) is 4.57 Å². The number of carbonyl (C=O) groups is 2. The van der Waals surface area contributed by atoms with Crippen molar-refractivity contribution in [3.05, 3.63) is 88.5 Å². The van der Waals surface area contributed by atoms with Gasteiger partial charge in [-0.25, -0.2) is 9.18 Å². The van der Waals surface area contributed by atoms with Gasteiger partial charge in [-0.1, -0.05) is 36.0 Å². The Morgan fingerprint density at radius 3 is 2.36 bits per heavy atom. The number of hydrogen-bond donors (Lipinski definition) is 2. The van der Waals surface area contributed by atoms with Crippen LogP contribution < -0.4 is 10.1 Å². The molecule has 8 heteroatoms. The summed E-state index contributed by atoms with van der Waals surface area (Å²) in [6.07, 6.45) is 0.336. The zero-order chi connectivity index (χ0) is 23.5. The normalized spacial score (nSPS) is 12.6. The highest BCUT2D eigenvalue weighted by Gasteiger charge is 2.22. The number of carbonyl (C=O) groups excluding carboxylic acids is 1. The average Bonchev–Trinajstić information content (AvgIpc) is 3.13. The number of carboxylic acids is 1. The van der Waals surface area contributed by atoms with Crippen molar-refractivity contribution in [3.8, 4) is 0 Å². The van der Waals surface area contributed by atoms with Gasteiger partial charge in [0.1, 0.15) is 11.9 Å². The summed E-state index contributed by atoms with van der Waals surface area (Å²) in [5, 5.41) is 13.0. The summed E-state index contributed by atoms with van der Waals surface area (Å²) in [6.45, 7) is 3.72. The molecule has 0 saturated carbocycles. The first-order valence-electron chi connectivity index (χ1n) is 10.4. The summed E-state index contributed by atoms with van der Waals surface area (Å²) in [7, 11) is 0. The van der Waals surface area contributed by atoms with E-state index in [-0.39, 0.29) is 5.82 Å². The molecule has 1 unspecified atom stereocenters. The number of benzene rings is 3. The molecule has 0 spiro atoms. The van der Waals surface area contributed by atoms with Gasteiger partial charge in [0.25, 0.3) is 5.91 Å². The lowest BCUT2D eigenvalue weighted by molar-refractivity contribution is -0.140. The first-order valence-corrected chi connectivity index (χ1v) is 11.2. The van der Waals surface area contributed by atoms with Crippen molar-refractivity contribution in [2.75, 3.05) is 5.32 Å². The fourth-order valence-electron chi connectivity index (χ4n) is 3.52. The third-order valence-corrected chi connectivity index (χ3v) is 6.26. The summed E-state index contributed by atoms with van der Waals surface area (Å²) in [5.41, 5.74) is 3.61. The smallest absolute Gasteiger partial charge is 0.326 e. The topological polar surface area (TPSA) is 83.7 Å². The monoisotopic (exact) mass is 463 g/mol. The van der Waals surface area contributed by atoms with E-state index in [1.807, 2.05) is 31.2 Å². The van der Waals surface area contributed by atoms with Gasteiger partial charge in [-0.05, 0) is 67.9 Å². The Balaban J connectivity index is 1.81. The number of thiazole rings is 1. The fraction of sp³-hybridized carbons (Fsp3) is 0.160. The maximum Gasteiger partial charge on any atom is 0.326 e. The van der Waals surface area contributed by atoms with Gasteiger partial charge in [-0.2, -0.15) is 4.99 Å². The Hall–Kier alpha value is -3.78. The maximum atomic E-state index is 13.2. The zero-order valence-corrected chi connectivity index (χ0v) is 18.9. The second-order valence-corrected chi connectivity index (χ2v) is 8.62. The number of carboxylic acid groups (broad SMARTS) is 1. The van der Waals surface area contributed by atoms with Crippen LogP contribution in [0.2, 0.25) is 0 Å². The highest BCUT2D eigenvalue weighted by molar-refractivity contribution is 7.16. The van der Waals surface area contributed by atoms with Crippen LogP contribution in [0.4, 0.5) is 15.8 Å². The van der Waals surface area contributed by atoms with Gasteiger partial charge < -0.3 is 15.0 Å². The Morgan fingerprint density at radius 2 is 1.73 bits per heavy atom. The van der Waals surface area contributed by atoms with Gasteiger partial charge in [0.2, 0.25) is 0 Å². The minimum absolute atomic E-state index is 0.320. The van der Waals surface area contributed by atoms with Crippen molar-refractivity contribution in [2.45, 2.75) is 26.3 Å². The number of fused-ring (bicyclic) bond motifs is 1. The molecule has 0 bridgehead atoms. The van der Waals surface area contributed by atoms with Crippen molar-refractivity contribution in [1.29, 1.82) is 0 Å². The van der Waals surface area contributed by atoms with Crippen LogP contribution >= 0.6 is 11.3 Å². The van der Waals surface area contributed by atoms with Crippen LogP contribution in [-0.4, -0.2) is 21.6 Å². The number of rotatable bonds is 6. The SMILES string of the molecule is CCC(C(=O)O)n1c(=NC(=O)c2ccc(C)cc2)sc2cc(Nc3ccc(F)cc3)ccc21. The van der Waals surface area contributed by atoms with E-state index in [0.29, 0.717) is 22.3 Å². The third kappa shape index (κ3) is 4.85. The number of amides is 1. The first-order chi connectivity index (χ1) is 15.9. The molecule has 2 N–H and O–H groups in total. The van der Waals surface area contributed by atoms with Crippen LogP contribution in [0.25, 0.3) is 10.2 Å². The number of aryl methyl sites for hydroxylation is 1. The summed E-state index contributed by atoms with van der Waals surface area (Å²) in [4.78, 5) is 29.4. The van der Waals surface area contributed by atoms with Gasteiger partial charge >= 0.3 is 5.97 Å². The lowest BCUT2D eigenvalue weighted by Gasteiger charge is -2.14. The summed E-state index contributed by atoms with van der Waals surface area (Å²) in [5.74, 6) is -1.74. The van der Waals surface area contributed by atoms with Crippen LogP contribution in [0.15, 0.2) is 71.7 Å². The summed E-state index contributed by atoms with van der Waals surface area (Å²) in [6, 6.07) is 17.7. The van der Waals surface area contributed by atoms with E-state index in [4.69, 9.17) is 0 Å². The number of halogens is 1. The fourth-order valence-corrected chi connectivity index (χ4v) is 4.62. The van der Waals surface area contributed by atoms with Crippen molar-refractivity contribution < 1.29 is 19.1 Å². The zero-order valence-electron chi connectivity index (χ0n) is 18.1. The van der Waals surface area contributed by atoms with Gasteiger partial charge in [-0.15, -0.1) is 0 Å². The molecule has 0 aliphatic heterocycles. The Bertz CT molecular complexity index is 1390. The lowest BCUT2D eigenvalue weighted by atomic mass is 10.1. The molecular formula is C25H22FN3O3S. The van der Waals surface area contributed by atoms with E-state index in [0.717, 1.165) is 21.6 Å². The van der Waals surface area contributed by atoms with Crippen LogP contribution in [0.1, 0.15) is 35.3 Å². The van der Waals surface area contributed by atoms with Crippen molar-refractivity contribution in [2.24, 2.45) is 4.99 Å². The molecule has 0 radical (unpaired) electrons. The molecular weight excluding hydrogens is 441 g/mol. The van der Waals surface area contributed by atoms with Gasteiger partial charge in [0, 0.05) is 16.9 Å². The van der Waals surface area contributed by atoms with Crippen molar-refractivity contribution in [3.63, 3.8) is 0 Å². The summed E-state index contributed by atoms with van der Waals surface area (Å²) >= 11 is 1.25. The Labute approximate surface area is 193 Å². The molecule has 6 nitrogen and oxygen atoms in total. The molecule has 0 fully saturated rings. The second kappa shape index (κ2) is 9.38. The van der Waals surface area contributed by atoms with E-state index >= 15 is 0 Å². The standard InChI is InChI=1S/C25H22FN3O3S/c1-3-20(24(31)32)29-21-13-12-19(27-18-10-8-17(26)9-11-18)14-22(21)33-25(29)28-23(30)16-6-4-15(2)5-7-16/h4-14,20,27H,3H2,1-2H3,(H,31,32). The first kappa shape index (κ1) is 22.4. The quantitative estimate of drug-likeness (QED) is 0.386. The molecule has 3 aromatic carbocycles. The van der Waals surface area contributed by atoms with E-state index in [1.54, 1.807) is 41.8 Å². The minimum Gasteiger partial charge on any atom is -0.480 e. The number of nitrogens with one attached hydrogen (secondary N) is 1. The molecule has 0 saturated heterocycles. The highest BCUT2D eigenvalue weighted by atomic mass is 32.1. The van der Waals surface area contributed by atoms with Crippen LogP contribution in [0.3, 0.4) is 0 Å². The van der Waals surface area contributed by atoms with Gasteiger partial charge in [0.05, 0.1) is 10.2 Å². The molecule has 1 amide bonds. The molecule has 0 aliphatic rings. The average molecular weight is 464 g/mol. The Kier molecular flexibility index (Phi) is 6.37. The molecule has 4 rings (SSSR count). The largest absolute Gasteiger partial charge is 0.480 e.